The van der Waals surface area contributed by atoms with Crippen LogP contribution in [-0.4, -0.2) is 68.2 Å². The van der Waals surface area contributed by atoms with Crippen molar-refractivity contribution in [2.45, 2.75) is 52.1 Å². The van der Waals surface area contributed by atoms with E-state index < -0.39 is 0 Å². The van der Waals surface area contributed by atoms with Crippen LogP contribution < -0.4 is 5.32 Å². The minimum Gasteiger partial charge on any atom is -0.383 e. The van der Waals surface area contributed by atoms with Gasteiger partial charge < -0.3 is 10.1 Å². The van der Waals surface area contributed by atoms with Gasteiger partial charge in [-0.3, -0.25) is 14.6 Å². The number of likely N-dealkylation sites (tertiary alicyclic amines) is 2. The maximum absolute atomic E-state index is 12.4. The Morgan fingerprint density at radius 2 is 1.96 bits per heavy atom. The minimum absolute atomic E-state index is 0.138. The van der Waals surface area contributed by atoms with Gasteiger partial charge in [0.1, 0.15) is 0 Å². The van der Waals surface area contributed by atoms with E-state index in [0.717, 1.165) is 45.6 Å². The number of rotatable bonds is 7. The van der Waals surface area contributed by atoms with E-state index in [1.165, 1.54) is 29.5 Å². The van der Waals surface area contributed by atoms with E-state index >= 15 is 0 Å². The molecule has 3 rings (SSSR count). The van der Waals surface area contributed by atoms with Crippen molar-refractivity contribution >= 4 is 5.91 Å². The first kappa shape index (κ1) is 21.3. The van der Waals surface area contributed by atoms with Gasteiger partial charge in [0.15, 0.2) is 0 Å². The molecule has 0 aliphatic carbocycles. The lowest BCUT2D eigenvalue weighted by atomic mass is 9.93. The molecular weight excluding hydrogens is 350 g/mol. The van der Waals surface area contributed by atoms with Gasteiger partial charge in [-0.2, -0.15) is 0 Å². The highest BCUT2D eigenvalue weighted by atomic mass is 16.5. The zero-order chi connectivity index (χ0) is 19.9. The molecule has 2 aliphatic rings. The molecule has 1 aromatic carbocycles. The van der Waals surface area contributed by atoms with E-state index in [-0.39, 0.29) is 11.8 Å². The quantitative estimate of drug-likeness (QED) is 0.731. The topological polar surface area (TPSA) is 44.8 Å². The predicted octanol–water partition coefficient (Wildman–Crippen LogP) is 2.74. The second kappa shape index (κ2) is 10.4. The third kappa shape index (κ3) is 5.79. The second-order valence-corrected chi connectivity index (χ2v) is 8.56. The summed E-state index contributed by atoms with van der Waals surface area (Å²) in [6, 6.07) is 7.40. The molecule has 2 saturated heterocycles. The van der Waals surface area contributed by atoms with Gasteiger partial charge in [0.05, 0.1) is 12.5 Å². The average molecular weight is 388 g/mol. The zero-order valence-electron chi connectivity index (χ0n) is 17.9. The normalized spacial score (nSPS) is 22.3. The Hall–Kier alpha value is -1.43. The van der Waals surface area contributed by atoms with Crippen LogP contribution in [0.1, 0.15) is 42.4 Å². The molecular formula is C23H37N3O2. The summed E-state index contributed by atoms with van der Waals surface area (Å²) in [5.41, 5.74) is 4.20. The Bertz CT molecular complexity index is 641. The Labute approximate surface area is 170 Å². The molecule has 1 amide bonds. The number of ether oxygens (including phenoxy) is 1. The molecule has 1 atom stereocenters. The molecule has 2 fully saturated rings. The fourth-order valence-electron chi connectivity index (χ4n) is 4.63. The van der Waals surface area contributed by atoms with E-state index in [0.29, 0.717) is 19.2 Å². The first-order valence-corrected chi connectivity index (χ1v) is 10.9. The number of hydrogen-bond acceptors (Lipinski definition) is 4. The fourth-order valence-corrected chi connectivity index (χ4v) is 4.63. The molecule has 2 aliphatic heterocycles. The fraction of sp³-hybridized carbons (Fsp3) is 0.696. The number of carbonyl (C=O) groups excluding carboxylic acids is 1. The van der Waals surface area contributed by atoms with Crippen LogP contribution in [0.3, 0.4) is 0 Å². The SMILES string of the molecule is COCCNC(=O)[C@H]1CCCN(C2CCN(Cc3cc(C)ccc3C)CC2)C1. The van der Waals surface area contributed by atoms with Crippen molar-refractivity contribution in [3.05, 3.63) is 34.9 Å². The van der Waals surface area contributed by atoms with Crippen LogP contribution in [-0.2, 0) is 16.1 Å². The highest BCUT2D eigenvalue weighted by Crippen LogP contribution is 2.25. The van der Waals surface area contributed by atoms with E-state index in [2.05, 4.69) is 47.2 Å². The molecule has 0 bridgehead atoms. The van der Waals surface area contributed by atoms with Crippen molar-refractivity contribution in [3.8, 4) is 0 Å². The average Bonchev–Trinajstić information content (AvgIpc) is 2.71. The van der Waals surface area contributed by atoms with Crippen molar-refractivity contribution in [3.63, 3.8) is 0 Å². The molecule has 28 heavy (non-hydrogen) atoms. The molecule has 5 nitrogen and oxygen atoms in total. The largest absolute Gasteiger partial charge is 0.383 e. The summed E-state index contributed by atoms with van der Waals surface area (Å²) < 4.78 is 5.03. The molecule has 1 N–H and O–H groups in total. The monoisotopic (exact) mass is 387 g/mol. The molecule has 1 aromatic rings. The van der Waals surface area contributed by atoms with Gasteiger partial charge in [0.2, 0.25) is 5.91 Å². The van der Waals surface area contributed by atoms with Crippen LogP contribution in [0.15, 0.2) is 18.2 Å². The lowest BCUT2D eigenvalue weighted by Crippen LogP contribution is -2.50. The lowest BCUT2D eigenvalue weighted by Gasteiger charge is -2.42. The lowest BCUT2D eigenvalue weighted by molar-refractivity contribution is -0.127. The van der Waals surface area contributed by atoms with Gasteiger partial charge in [0, 0.05) is 32.8 Å². The van der Waals surface area contributed by atoms with Gasteiger partial charge in [-0.15, -0.1) is 0 Å². The second-order valence-electron chi connectivity index (χ2n) is 8.56. The number of aryl methyl sites for hydroxylation is 2. The smallest absolute Gasteiger partial charge is 0.224 e. The molecule has 5 heteroatoms. The van der Waals surface area contributed by atoms with E-state index in [9.17, 15) is 4.79 Å². The molecule has 0 saturated carbocycles. The number of amides is 1. The van der Waals surface area contributed by atoms with Crippen molar-refractivity contribution in [1.29, 1.82) is 0 Å². The Morgan fingerprint density at radius 3 is 2.71 bits per heavy atom. The van der Waals surface area contributed by atoms with Crippen LogP contribution in [0, 0.1) is 19.8 Å². The maximum Gasteiger partial charge on any atom is 0.224 e. The standard InChI is InChI=1S/C23H37N3O2/c1-18-6-7-19(2)21(15-18)16-25-12-8-22(9-13-25)26-11-4-5-20(17-26)23(27)24-10-14-28-3/h6-7,15,20,22H,4-5,8-14,16-17H2,1-3H3,(H,24,27)/t20-/m0/s1. The zero-order valence-corrected chi connectivity index (χ0v) is 17.9. The summed E-state index contributed by atoms with van der Waals surface area (Å²) >= 11 is 0. The van der Waals surface area contributed by atoms with Crippen molar-refractivity contribution < 1.29 is 9.53 Å². The number of nitrogens with one attached hydrogen (secondary N) is 1. The molecule has 0 aromatic heterocycles. The first-order valence-electron chi connectivity index (χ1n) is 10.9. The van der Waals surface area contributed by atoms with E-state index in [1.54, 1.807) is 7.11 Å². The van der Waals surface area contributed by atoms with Crippen LogP contribution in [0.25, 0.3) is 0 Å². The summed E-state index contributed by atoms with van der Waals surface area (Å²) in [6.45, 7) is 11.0. The summed E-state index contributed by atoms with van der Waals surface area (Å²) in [5, 5.41) is 3.02. The van der Waals surface area contributed by atoms with Gasteiger partial charge in [-0.1, -0.05) is 23.8 Å². The number of hydrogen-bond donors (Lipinski definition) is 1. The summed E-state index contributed by atoms with van der Waals surface area (Å²) in [6.07, 6.45) is 4.57. The van der Waals surface area contributed by atoms with Crippen molar-refractivity contribution in [1.82, 2.24) is 15.1 Å². The van der Waals surface area contributed by atoms with E-state index in [1.807, 2.05) is 0 Å². The van der Waals surface area contributed by atoms with Crippen molar-refractivity contribution in [2.24, 2.45) is 5.92 Å². The molecule has 0 spiro atoms. The highest BCUT2D eigenvalue weighted by molar-refractivity contribution is 5.78. The number of carbonyl (C=O) groups is 1. The number of nitrogens with zero attached hydrogens (tertiary/aromatic N) is 2. The van der Waals surface area contributed by atoms with Crippen LogP contribution in [0.2, 0.25) is 0 Å². The van der Waals surface area contributed by atoms with Crippen LogP contribution in [0.5, 0.6) is 0 Å². The van der Waals surface area contributed by atoms with E-state index in [4.69, 9.17) is 4.74 Å². The third-order valence-electron chi connectivity index (χ3n) is 6.40. The van der Waals surface area contributed by atoms with Gasteiger partial charge >= 0.3 is 0 Å². The van der Waals surface area contributed by atoms with Gasteiger partial charge in [-0.05, 0) is 70.3 Å². The number of piperidine rings is 2. The number of benzene rings is 1. The Kier molecular flexibility index (Phi) is 7.89. The minimum atomic E-state index is 0.138. The molecule has 2 heterocycles. The Morgan fingerprint density at radius 1 is 1.18 bits per heavy atom. The number of methoxy groups -OCH3 is 1. The molecule has 0 radical (unpaired) electrons. The third-order valence-corrected chi connectivity index (χ3v) is 6.40. The van der Waals surface area contributed by atoms with Crippen LogP contribution >= 0.6 is 0 Å². The summed E-state index contributed by atoms with van der Waals surface area (Å²) in [7, 11) is 1.67. The highest BCUT2D eigenvalue weighted by Gasteiger charge is 2.31. The maximum atomic E-state index is 12.4. The van der Waals surface area contributed by atoms with Gasteiger partial charge in [0.25, 0.3) is 0 Å². The van der Waals surface area contributed by atoms with Gasteiger partial charge in [-0.25, -0.2) is 0 Å². The predicted molar refractivity (Wildman–Crippen MR) is 113 cm³/mol. The Balaban J connectivity index is 1.46. The molecule has 0 unspecified atom stereocenters. The first-order chi connectivity index (χ1) is 13.6. The molecule has 156 valence electrons. The van der Waals surface area contributed by atoms with Crippen LogP contribution in [0.4, 0.5) is 0 Å². The summed E-state index contributed by atoms with van der Waals surface area (Å²) in [4.78, 5) is 17.6. The van der Waals surface area contributed by atoms with Crippen molar-refractivity contribution in [2.75, 3.05) is 46.4 Å². The summed E-state index contributed by atoms with van der Waals surface area (Å²) in [5.74, 6) is 0.340.